The minimum atomic E-state index is -1.10. The van der Waals surface area contributed by atoms with E-state index in [0.29, 0.717) is 51.7 Å². The third kappa shape index (κ3) is 5.02. The third-order valence-electron chi connectivity index (χ3n) is 12.9. The molecule has 10 heteroatoms. The highest BCUT2D eigenvalue weighted by Gasteiger charge is 2.71. The Kier molecular flexibility index (Phi) is 8.02. The van der Waals surface area contributed by atoms with Crippen LogP contribution in [0.25, 0.3) is 0 Å². The van der Waals surface area contributed by atoms with E-state index in [4.69, 9.17) is 19.2 Å². The number of nitrogens with zero attached hydrogens (tertiary/aromatic N) is 2. The SMILES string of the molecule is C[C@@H]1O[C@H](O[C@@H]2CC[C@]3(C=NCc4ccccn4)[C@H]4CC[C@]5(C)[C@H](C6=CC(=O)OC6)CC[C@]5(O)[C@@H]4CC[C@]3(O)C2)C[C@H](O)[C@@H]1O. The Labute approximate surface area is 264 Å². The van der Waals surface area contributed by atoms with Crippen molar-refractivity contribution in [3.63, 3.8) is 0 Å². The van der Waals surface area contributed by atoms with Crippen molar-refractivity contribution in [2.24, 2.45) is 33.6 Å². The lowest BCUT2D eigenvalue weighted by atomic mass is 9.41. The topological polar surface area (TPSA) is 151 Å². The van der Waals surface area contributed by atoms with Crippen molar-refractivity contribution in [3.8, 4) is 0 Å². The second-order valence-electron chi connectivity index (χ2n) is 15.0. The van der Waals surface area contributed by atoms with Crippen LogP contribution in [-0.4, -0.2) is 86.1 Å². The molecule has 6 aliphatic rings. The average molecular weight is 625 g/mol. The van der Waals surface area contributed by atoms with E-state index >= 15 is 0 Å². The summed E-state index contributed by atoms with van der Waals surface area (Å²) in [5.41, 5.74) is -1.19. The van der Waals surface area contributed by atoms with Gasteiger partial charge < -0.3 is 34.6 Å². The first-order chi connectivity index (χ1) is 21.5. The zero-order chi connectivity index (χ0) is 31.6. The van der Waals surface area contributed by atoms with Crippen LogP contribution in [0.5, 0.6) is 0 Å². The van der Waals surface area contributed by atoms with Crippen LogP contribution in [0.1, 0.15) is 83.7 Å². The summed E-state index contributed by atoms with van der Waals surface area (Å²) in [6, 6.07) is 5.78. The Hall–Kier alpha value is -2.21. The molecule has 1 saturated heterocycles. The van der Waals surface area contributed by atoms with Crippen LogP contribution < -0.4 is 0 Å². The molecule has 0 spiro atoms. The molecule has 0 aromatic carbocycles. The van der Waals surface area contributed by atoms with Crippen LogP contribution in [0, 0.1) is 28.6 Å². The molecule has 4 aliphatic carbocycles. The van der Waals surface area contributed by atoms with Crippen molar-refractivity contribution in [2.45, 2.75) is 127 Å². The maximum absolute atomic E-state index is 12.7. The fourth-order valence-electron chi connectivity index (χ4n) is 10.6. The summed E-state index contributed by atoms with van der Waals surface area (Å²) in [5.74, 6) is -0.181. The van der Waals surface area contributed by atoms with Gasteiger partial charge in [0.2, 0.25) is 0 Å². The Morgan fingerprint density at radius 2 is 1.91 bits per heavy atom. The molecule has 10 nitrogen and oxygen atoms in total. The number of hydrogen-bond donors (Lipinski definition) is 4. The monoisotopic (exact) mass is 624 g/mol. The molecule has 0 amide bonds. The number of fused-ring (bicyclic) bond motifs is 5. The second kappa shape index (κ2) is 11.5. The number of pyridine rings is 1. The Balaban J connectivity index is 1.17. The number of aromatic nitrogens is 1. The molecule has 0 radical (unpaired) electrons. The van der Waals surface area contributed by atoms with Gasteiger partial charge in [-0.1, -0.05) is 13.0 Å². The highest BCUT2D eigenvalue weighted by molar-refractivity contribution is 5.85. The van der Waals surface area contributed by atoms with Crippen LogP contribution in [-0.2, 0) is 25.5 Å². The lowest BCUT2D eigenvalue weighted by Gasteiger charge is -2.66. The van der Waals surface area contributed by atoms with Crippen molar-refractivity contribution in [1.82, 2.24) is 4.98 Å². The van der Waals surface area contributed by atoms with E-state index in [2.05, 4.69) is 11.9 Å². The molecule has 0 unspecified atom stereocenters. The Bertz CT molecular complexity index is 1330. The van der Waals surface area contributed by atoms with E-state index in [1.165, 1.54) is 0 Å². The summed E-state index contributed by atoms with van der Waals surface area (Å²) >= 11 is 0. The first-order valence-electron chi connectivity index (χ1n) is 16.9. The van der Waals surface area contributed by atoms with E-state index in [-0.39, 0.29) is 41.7 Å². The number of carbonyl (C=O) groups is 1. The van der Waals surface area contributed by atoms with E-state index in [0.717, 1.165) is 30.5 Å². The smallest absolute Gasteiger partial charge is 0.331 e. The minimum Gasteiger partial charge on any atom is -0.458 e. The van der Waals surface area contributed by atoms with Gasteiger partial charge in [-0.3, -0.25) is 9.98 Å². The Morgan fingerprint density at radius 3 is 2.64 bits per heavy atom. The lowest BCUT2D eigenvalue weighted by molar-refractivity contribution is -0.282. The van der Waals surface area contributed by atoms with Crippen LogP contribution in [0.2, 0.25) is 0 Å². The number of hydrogen-bond acceptors (Lipinski definition) is 10. The maximum Gasteiger partial charge on any atom is 0.331 e. The first-order valence-corrected chi connectivity index (χ1v) is 16.9. The number of ether oxygens (including phenoxy) is 3. The van der Waals surface area contributed by atoms with Gasteiger partial charge in [0.15, 0.2) is 6.29 Å². The van der Waals surface area contributed by atoms with Gasteiger partial charge in [-0.15, -0.1) is 0 Å². The molecular formula is C35H48N2O8. The summed E-state index contributed by atoms with van der Waals surface area (Å²) in [6.45, 7) is 4.66. The predicted molar refractivity (Wildman–Crippen MR) is 164 cm³/mol. The average Bonchev–Trinajstić information content (AvgIpc) is 3.56. The fraction of sp³-hybridized carbons (Fsp3) is 0.743. The number of carbonyl (C=O) groups excluding carboxylic acids is 1. The van der Waals surface area contributed by atoms with Crippen molar-refractivity contribution < 1.29 is 39.4 Å². The molecule has 4 N–H and O–H groups in total. The highest BCUT2D eigenvalue weighted by atomic mass is 16.7. The van der Waals surface area contributed by atoms with Crippen molar-refractivity contribution >= 4 is 12.2 Å². The standard InChI is InChI=1S/C35H48N2O8/c1-21-31(40)28(38)16-30(44-21)45-24-6-11-33(20-36-18-23-5-3-4-14-37-23)26-7-10-32(2)25(22-15-29(39)43-19-22)9-13-35(32,42)27(26)8-12-34(33,41)17-24/h3-5,14-15,20-21,24-28,30-31,38,40-42H,6-13,16-19H2,1-2H3/t21-,24+,25-,26-,27+,28-,30+,31+,32+,33-,34-,35-/m0/s1. The van der Waals surface area contributed by atoms with Gasteiger partial charge in [0, 0.05) is 42.2 Å². The zero-order valence-corrected chi connectivity index (χ0v) is 26.4. The Morgan fingerprint density at radius 1 is 1.09 bits per heavy atom. The molecule has 0 bridgehead atoms. The molecule has 4 saturated carbocycles. The molecule has 3 heterocycles. The summed E-state index contributed by atoms with van der Waals surface area (Å²) in [6.07, 6.45) is 8.31. The normalized spacial score (nSPS) is 48.0. The molecular weight excluding hydrogens is 576 g/mol. The van der Waals surface area contributed by atoms with Crippen LogP contribution >= 0.6 is 0 Å². The first kappa shape index (κ1) is 31.4. The van der Waals surface area contributed by atoms with E-state index in [9.17, 15) is 25.2 Å². The number of cyclic esters (lactones) is 1. The predicted octanol–water partition coefficient (Wildman–Crippen LogP) is 3.25. The van der Waals surface area contributed by atoms with Gasteiger partial charge in [0.25, 0.3) is 0 Å². The fourth-order valence-corrected chi connectivity index (χ4v) is 10.6. The number of aliphatic imine (C=N–C) groups is 1. The molecule has 246 valence electrons. The van der Waals surface area contributed by atoms with Gasteiger partial charge in [-0.05, 0) is 93.7 Å². The van der Waals surface area contributed by atoms with Crippen molar-refractivity contribution in [3.05, 3.63) is 41.7 Å². The maximum atomic E-state index is 12.7. The summed E-state index contributed by atoms with van der Waals surface area (Å²) < 4.78 is 17.5. The van der Waals surface area contributed by atoms with Gasteiger partial charge in [0.1, 0.15) is 12.7 Å². The summed E-state index contributed by atoms with van der Waals surface area (Å²) in [5, 5.41) is 45.9. The quantitative estimate of drug-likeness (QED) is 0.212. The summed E-state index contributed by atoms with van der Waals surface area (Å²) in [4.78, 5) is 21.4. The van der Waals surface area contributed by atoms with E-state index in [1.54, 1.807) is 19.2 Å². The molecule has 7 rings (SSSR count). The largest absolute Gasteiger partial charge is 0.458 e. The minimum absolute atomic E-state index is 0.0157. The number of esters is 1. The third-order valence-corrected chi connectivity index (χ3v) is 12.9. The van der Waals surface area contributed by atoms with Gasteiger partial charge >= 0.3 is 5.97 Å². The van der Waals surface area contributed by atoms with Crippen molar-refractivity contribution in [2.75, 3.05) is 6.61 Å². The number of rotatable bonds is 6. The van der Waals surface area contributed by atoms with Crippen LogP contribution in [0.3, 0.4) is 0 Å². The second-order valence-corrected chi connectivity index (χ2v) is 15.0. The van der Waals surface area contributed by atoms with E-state index < -0.39 is 41.2 Å². The summed E-state index contributed by atoms with van der Waals surface area (Å²) in [7, 11) is 0. The van der Waals surface area contributed by atoms with Crippen molar-refractivity contribution in [1.29, 1.82) is 0 Å². The van der Waals surface area contributed by atoms with Gasteiger partial charge in [-0.2, -0.15) is 0 Å². The number of aliphatic hydroxyl groups excluding tert-OH is 2. The molecule has 12 atom stereocenters. The molecule has 45 heavy (non-hydrogen) atoms. The van der Waals surface area contributed by atoms with E-state index in [1.807, 2.05) is 24.4 Å². The van der Waals surface area contributed by atoms with Gasteiger partial charge in [-0.25, -0.2) is 4.79 Å². The lowest BCUT2D eigenvalue weighted by Crippen LogP contribution is -2.69. The zero-order valence-electron chi connectivity index (χ0n) is 26.4. The molecule has 1 aromatic heterocycles. The molecule has 1 aromatic rings. The van der Waals surface area contributed by atoms with Crippen LogP contribution in [0.15, 0.2) is 41.0 Å². The number of aliphatic hydroxyl groups is 4. The molecule has 2 aliphatic heterocycles. The van der Waals surface area contributed by atoms with Gasteiger partial charge in [0.05, 0.1) is 41.8 Å². The molecule has 5 fully saturated rings. The van der Waals surface area contributed by atoms with Crippen LogP contribution in [0.4, 0.5) is 0 Å². The highest BCUT2D eigenvalue weighted by Crippen LogP contribution is 2.70.